The van der Waals surface area contributed by atoms with Gasteiger partial charge in [-0.2, -0.15) is 0 Å². The Balaban J connectivity index is 1.75. The summed E-state index contributed by atoms with van der Waals surface area (Å²) in [5.74, 6) is 0.146. The van der Waals surface area contributed by atoms with Gasteiger partial charge in [0.25, 0.3) is 0 Å². The Morgan fingerprint density at radius 3 is 2.38 bits per heavy atom. The molecule has 5 heteroatoms. The first-order valence-corrected chi connectivity index (χ1v) is 8.18. The SMILES string of the molecule is CC(C)(C)CN1C[C@H](NC(=O)NC2CCCCC2)CC1=O. The molecule has 5 nitrogen and oxygen atoms in total. The minimum absolute atomic E-state index is 0.0524. The maximum atomic E-state index is 12.0. The summed E-state index contributed by atoms with van der Waals surface area (Å²) >= 11 is 0. The Bertz CT molecular complexity index is 383. The van der Waals surface area contributed by atoms with Crippen LogP contribution in [0.25, 0.3) is 0 Å². The molecule has 1 aliphatic heterocycles. The molecule has 1 atom stereocenters. The maximum Gasteiger partial charge on any atom is 0.315 e. The van der Waals surface area contributed by atoms with Crippen molar-refractivity contribution in [2.75, 3.05) is 13.1 Å². The largest absolute Gasteiger partial charge is 0.340 e. The predicted octanol–water partition coefficient (Wildman–Crippen LogP) is 2.27. The molecule has 0 aromatic carbocycles. The molecule has 1 saturated heterocycles. The molecular formula is C16H29N3O2. The van der Waals surface area contributed by atoms with Crippen LogP contribution in [0.3, 0.4) is 0 Å². The molecule has 0 radical (unpaired) electrons. The fraction of sp³-hybridized carbons (Fsp3) is 0.875. The van der Waals surface area contributed by atoms with Crippen molar-refractivity contribution in [1.82, 2.24) is 15.5 Å². The van der Waals surface area contributed by atoms with Gasteiger partial charge in [-0.25, -0.2) is 4.79 Å². The van der Waals surface area contributed by atoms with Gasteiger partial charge >= 0.3 is 6.03 Å². The highest BCUT2D eigenvalue weighted by atomic mass is 16.2. The molecule has 0 aromatic heterocycles. The number of likely N-dealkylation sites (tertiary alicyclic amines) is 1. The van der Waals surface area contributed by atoms with Crippen LogP contribution in [0.1, 0.15) is 59.3 Å². The van der Waals surface area contributed by atoms with E-state index in [-0.39, 0.29) is 23.4 Å². The van der Waals surface area contributed by atoms with Crippen LogP contribution in [0.4, 0.5) is 4.79 Å². The van der Waals surface area contributed by atoms with Crippen LogP contribution >= 0.6 is 0 Å². The van der Waals surface area contributed by atoms with Crippen molar-refractivity contribution in [3.8, 4) is 0 Å². The zero-order chi connectivity index (χ0) is 15.5. The van der Waals surface area contributed by atoms with Crippen LogP contribution in [0.15, 0.2) is 0 Å². The van der Waals surface area contributed by atoms with Crippen molar-refractivity contribution >= 4 is 11.9 Å². The first-order chi connectivity index (χ1) is 9.83. The van der Waals surface area contributed by atoms with E-state index in [1.807, 2.05) is 4.90 Å². The molecule has 2 N–H and O–H groups in total. The van der Waals surface area contributed by atoms with Crippen LogP contribution in [0.2, 0.25) is 0 Å². The molecule has 1 heterocycles. The van der Waals surface area contributed by atoms with Crippen molar-refractivity contribution in [3.05, 3.63) is 0 Å². The Kier molecular flexibility index (Phi) is 5.12. The number of rotatable bonds is 3. The lowest BCUT2D eigenvalue weighted by molar-refractivity contribution is -0.128. The molecule has 2 fully saturated rings. The Morgan fingerprint density at radius 2 is 1.76 bits per heavy atom. The number of carbonyl (C=O) groups excluding carboxylic acids is 2. The second kappa shape index (κ2) is 6.67. The Morgan fingerprint density at radius 1 is 1.14 bits per heavy atom. The first-order valence-electron chi connectivity index (χ1n) is 8.18. The van der Waals surface area contributed by atoms with Crippen LogP contribution in [-0.2, 0) is 4.79 Å². The van der Waals surface area contributed by atoms with Crippen molar-refractivity contribution in [2.24, 2.45) is 5.41 Å². The number of urea groups is 1. The lowest BCUT2D eigenvalue weighted by Crippen LogP contribution is -2.47. The quantitative estimate of drug-likeness (QED) is 0.839. The molecule has 3 amide bonds. The predicted molar refractivity (Wildman–Crippen MR) is 83.0 cm³/mol. The molecule has 2 rings (SSSR count). The second-order valence-corrected chi connectivity index (χ2v) is 7.69. The third-order valence-electron chi connectivity index (χ3n) is 4.16. The smallest absolute Gasteiger partial charge is 0.315 e. The number of carbonyl (C=O) groups is 2. The zero-order valence-corrected chi connectivity index (χ0v) is 13.6. The van der Waals surface area contributed by atoms with E-state index in [9.17, 15) is 9.59 Å². The average Bonchev–Trinajstić information content (AvgIpc) is 2.68. The van der Waals surface area contributed by atoms with Gasteiger partial charge in [-0.1, -0.05) is 40.0 Å². The van der Waals surface area contributed by atoms with E-state index in [1.165, 1.54) is 19.3 Å². The lowest BCUT2D eigenvalue weighted by Gasteiger charge is -2.27. The van der Waals surface area contributed by atoms with E-state index in [4.69, 9.17) is 0 Å². The van der Waals surface area contributed by atoms with Gasteiger partial charge in [0.1, 0.15) is 0 Å². The summed E-state index contributed by atoms with van der Waals surface area (Å²) < 4.78 is 0. The third-order valence-corrected chi connectivity index (χ3v) is 4.16. The summed E-state index contributed by atoms with van der Waals surface area (Å²) in [5, 5.41) is 6.00. The van der Waals surface area contributed by atoms with Crippen LogP contribution < -0.4 is 10.6 Å². The highest BCUT2D eigenvalue weighted by molar-refractivity contribution is 5.81. The van der Waals surface area contributed by atoms with Crippen molar-refractivity contribution in [2.45, 2.75) is 71.4 Å². The number of amides is 3. The maximum absolute atomic E-state index is 12.0. The standard InChI is InChI=1S/C16H29N3O2/c1-16(2,3)11-19-10-13(9-14(19)20)18-15(21)17-12-7-5-4-6-8-12/h12-13H,4-11H2,1-3H3,(H2,17,18,21)/t13-/m1/s1. The van der Waals surface area contributed by atoms with E-state index in [0.717, 1.165) is 19.4 Å². The van der Waals surface area contributed by atoms with Crippen LogP contribution in [0.5, 0.6) is 0 Å². The molecule has 0 bridgehead atoms. The Hall–Kier alpha value is -1.26. The highest BCUT2D eigenvalue weighted by Gasteiger charge is 2.33. The van der Waals surface area contributed by atoms with Gasteiger partial charge in [-0.3, -0.25) is 4.79 Å². The molecule has 0 aromatic rings. The van der Waals surface area contributed by atoms with Gasteiger partial charge in [0.2, 0.25) is 5.91 Å². The molecule has 120 valence electrons. The molecule has 1 saturated carbocycles. The second-order valence-electron chi connectivity index (χ2n) is 7.69. The van der Waals surface area contributed by atoms with Crippen molar-refractivity contribution < 1.29 is 9.59 Å². The van der Waals surface area contributed by atoms with Gasteiger partial charge < -0.3 is 15.5 Å². The summed E-state index contributed by atoms with van der Waals surface area (Å²) in [5.41, 5.74) is 0.0922. The number of nitrogens with zero attached hydrogens (tertiary/aromatic N) is 1. The van der Waals surface area contributed by atoms with Gasteiger partial charge in [-0.05, 0) is 18.3 Å². The van der Waals surface area contributed by atoms with E-state index >= 15 is 0 Å². The van der Waals surface area contributed by atoms with Crippen LogP contribution in [0, 0.1) is 5.41 Å². The van der Waals surface area contributed by atoms with E-state index in [1.54, 1.807) is 0 Å². The normalized spacial score (nSPS) is 24.2. The van der Waals surface area contributed by atoms with Gasteiger partial charge in [0.15, 0.2) is 0 Å². The van der Waals surface area contributed by atoms with E-state index < -0.39 is 0 Å². The number of hydrogen-bond acceptors (Lipinski definition) is 2. The lowest BCUT2D eigenvalue weighted by atomic mass is 9.96. The van der Waals surface area contributed by atoms with Crippen LogP contribution in [-0.4, -0.2) is 42.0 Å². The van der Waals surface area contributed by atoms with Gasteiger partial charge in [-0.15, -0.1) is 0 Å². The molecule has 2 aliphatic rings. The fourth-order valence-corrected chi connectivity index (χ4v) is 3.25. The van der Waals surface area contributed by atoms with Crippen molar-refractivity contribution in [3.63, 3.8) is 0 Å². The molecular weight excluding hydrogens is 266 g/mol. The van der Waals surface area contributed by atoms with E-state index in [0.29, 0.717) is 19.0 Å². The average molecular weight is 295 g/mol. The number of nitrogens with one attached hydrogen (secondary N) is 2. The Labute approximate surface area is 127 Å². The summed E-state index contributed by atoms with van der Waals surface area (Å²) in [4.78, 5) is 25.9. The zero-order valence-electron chi connectivity index (χ0n) is 13.6. The third kappa shape index (κ3) is 5.21. The molecule has 1 aliphatic carbocycles. The summed E-state index contributed by atoms with van der Waals surface area (Å²) in [7, 11) is 0. The van der Waals surface area contributed by atoms with Gasteiger partial charge in [0.05, 0.1) is 6.04 Å². The van der Waals surface area contributed by atoms with Crippen molar-refractivity contribution in [1.29, 1.82) is 0 Å². The first kappa shape index (κ1) is 16.1. The molecule has 0 unspecified atom stereocenters. The summed E-state index contributed by atoms with van der Waals surface area (Å²) in [6, 6.07) is 0.141. The topological polar surface area (TPSA) is 61.4 Å². The minimum Gasteiger partial charge on any atom is -0.340 e. The van der Waals surface area contributed by atoms with Gasteiger partial charge in [0, 0.05) is 25.6 Å². The summed E-state index contributed by atoms with van der Waals surface area (Å²) in [6.07, 6.45) is 6.26. The minimum atomic E-state index is -0.114. The fourth-order valence-electron chi connectivity index (χ4n) is 3.25. The number of hydrogen-bond donors (Lipinski definition) is 2. The molecule has 0 spiro atoms. The molecule has 21 heavy (non-hydrogen) atoms. The summed E-state index contributed by atoms with van der Waals surface area (Å²) in [6.45, 7) is 7.74. The monoisotopic (exact) mass is 295 g/mol. The highest BCUT2D eigenvalue weighted by Crippen LogP contribution is 2.20. The van der Waals surface area contributed by atoms with E-state index in [2.05, 4.69) is 31.4 Å².